The zero-order valence-electron chi connectivity index (χ0n) is 19.5. The summed E-state index contributed by atoms with van der Waals surface area (Å²) < 4.78 is 7.74. The Kier molecular flexibility index (Phi) is 6.13. The third-order valence-corrected chi connectivity index (χ3v) is 6.81. The molecular formula is C27H29N5O2. The molecule has 2 aliphatic rings. The first-order chi connectivity index (χ1) is 16.6. The van der Waals surface area contributed by atoms with Gasteiger partial charge < -0.3 is 15.0 Å². The van der Waals surface area contributed by atoms with Gasteiger partial charge in [0.2, 0.25) is 5.95 Å². The summed E-state index contributed by atoms with van der Waals surface area (Å²) in [7, 11) is 3.55. The van der Waals surface area contributed by atoms with Gasteiger partial charge in [0.1, 0.15) is 5.60 Å². The molecule has 2 aromatic heterocycles. The number of allylic oxidation sites excluding steroid dienone is 2. The van der Waals surface area contributed by atoms with E-state index >= 15 is 0 Å². The van der Waals surface area contributed by atoms with Crippen molar-refractivity contribution in [2.45, 2.75) is 18.1 Å². The molecule has 7 nitrogen and oxygen atoms in total. The van der Waals surface area contributed by atoms with E-state index in [1.807, 2.05) is 18.2 Å². The van der Waals surface area contributed by atoms with Gasteiger partial charge in [-0.15, -0.1) is 0 Å². The van der Waals surface area contributed by atoms with Crippen molar-refractivity contribution >= 4 is 11.5 Å². The molecule has 5 rings (SSSR count). The Bertz CT molecular complexity index is 1270. The first kappa shape index (κ1) is 22.3. The van der Waals surface area contributed by atoms with Gasteiger partial charge >= 0.3 is 0 Å². The summed E-state index contributed by atoms with van der Waals surface area (Å²) in [6.07, 6.45) is 10.8. The molecule has 0 bridgehead atoms. The summed E-state index contributed by atoms with van der Waals surface area (Å²) in [5.41, 5.74) is 3.39. The minimum atomic E-state index is -0.474. The Balaban J connectivity index is 1.41. The minimum absolute atomic E-state index is 0.0394. The lowest BCUT2D eigenvalue weighted by Crippen LogP contribution is -2.62. The molecule has 1 aliphatic heterocycles. The van der Waals surface area contributed by atoms with Crippen molar-refractivity contribution < 1.29 is 4.74 Å². The number of aromatic nitrogens is 3. The molecule has 1 aromatic carbocycles. The van der Waals surface area contributed by atoms with E-state index in [1.165, 1.54) is 11.1 Å². The fourth-order valence-corrected chi connectivity index (χ4v) is 4.77. The fraction of sp³-hybridized carbons (Fsp3) is 0.296. The number of rotatable bonds is 5. The van der Waals surface area contributed by atoms with Crippen LogP contribution in [-0.2, 0) is 11.8 Å². The van der Waals surface area contributed by atoms with Gasteiger partial charge in [-0.3, -0.25) is 14.3 Å². The smallest absolute Gasteiger partial charge is 0.255 e. The van der Waals surface area contributed by atoms with Crippen molar-refractivity contribution in [3.8, 4) is 11.3 Å². The Hall–Kier alpha value is -3.55. The highest BCUT2D eigenvalue weighted by atomic mass is 16.5. The van der Waals surface area contributed by atoms with E-state index in [9.17, 15) is 4.79 Å². The third-order valence-electron chi connectivity index (χ3n) is 6.81. The van der Waals surface area contributed by atoms with Crippen molar-refractivity contribution in [2.75, 3.05) is 31.6 Å². The van der Waals surface area contributed by atoms with Gasteiger partial charge in [0, 0.05) is 64.2 Å². The van der Waals surface area contributed by atoms with Gasteiger partial charge in [-0.05, 0) is 23.3 Å². The highest BCUT2D eigenvalue weighted by molar-refractivity contribution is 5.75. The van der Waals surface area contributed by atoms with Gasteiger partial charge in [-0.2, -0.15) is 0 Å². The molecule has 174 valence electrons. The van der Waals surface area contributed by atoms with E-state index in [4.69, 9.17) is 9.72 Å². The van der Waals surface area contributed by atoms with Crippen LogP contribution in [0.2, 0.25) is 0 Å². The van der Waals surface area contributed by atoms with Crippen LogP contribution in [0, 0.1) is 0 Å². The normalized spacial score (nSPS) is 22.5. The van der Waals surface area contributed by atoms with Crippen molar-refractivity contribution in [1.29, 1.82) is 0 Å². The second-order valence-electron chi connectivity index (χ2n) is 8.75. The summed E-state index contributed by atoms with van der Waals surface area (Å²) in [4.78, 5) is 23.9. The second-order valence-corrected chi connectivity index (χ2v) is 8.75. The average molecular weight is 456 g/mol. The highest BCUT2D eigenvalue weighted by Crippen LogP contribution is 2.33. The number of piperazine rings is 1. The molecular weight excluding hydrogens is 426 g/mol. The van der Waals surface area contributed by atoms with E-state index in [-0.39, 0.29) is 11.6 Å². The number of benzene rings is 1. The van der Waals surface area contributed by atoms with Crippen LogP contribution in [-0.4, -0.2) is 52.9 Å². The van der Waals surface area contributed by atoms with Crippen LogP contribution in [0.1, 0.15) is 12.0 Å². The zero-order valence-corrected chi connectivity index (χ0v) is 19.5. The van der Waals surface area contributed by atoms with Gasteiger partial charge in [-0.1, -0.05) is 48.6 Å². The highest BCUT2D eigenvalue weighted by Gasteiger charge is 2.40. The van der Waals surface area contributed by atoms with Crippen LogP contribution in [0.25, 0.3) is 16.8 Å². The maximum atomic E-state index is 12.8. The number of pyridine rings is 1. The summed E-state index contributed by atoms with van der Waals surface area (Å²) >= 11 is 0. The van der Waals surface area contributed by atoms with Gasteiger partial charge in [0.05, 0.1) is 11.7 Å². The molecule has 1 saturated heterocycles. The van der Waals surface area contributed by atoms with E-state index in [1.54, 1.807) is 37.2 Å². The Morgan fingerprint density at radius 3 is 2.62 bits per heavy atom. The van der Waals surface area contributed by atoms with Gasteiger partial charge in [0.25, 0.3) is 5.56 Å². The SMILES string of the molecule is COC1([C@@H]2CN(c3nc(-c4ccncc4)cc(=O)n3C)CCN2)C=CC(c2ccccc2)=CC1. The number of nitrogens with one attached hydrogen (secondary N) is 1. The summed E-state index contributed by atoms with van der Waals surface area (Å²) in [5, 5.41) is 3.64. The molecule has 7 heteroatoms. The quantitative estimate of drug-likeness (QED) is 0.638. The van der Waals surface area contributed by atoms with Crippen LogP contribution < -0.4 is 15.8 Å². The standard InChI is InChI=1S/C27H29N5O2/c1-31-25(33)18-23(22-10-14-28-15-11-22)30-26(31)32-17-16-29-24(19-32)27(34-2)12-8-21(9-13-27)20-6-4-3-5-7-20/h3-12,14-15,18,24,29H,13,16-17,19H2,1-2H3/t24-,27?/m0/s1. The molecule has 1 aliphatic carbocycles. The minimum Gasteiger partial charge on any atom is -0.372 e. The molecule has 0 saturated carbocycles. The Morgan fingerprint density at radius 1 is 1.12 bits per heavy atom. The Labute approximate surface area is 199 Å². The largest absolute Gasteiger partial charge is 0.372 e. The van der Waals surface area contributed by atoms with E-state index in [0.717, 1.165) is 25.1 Å². The molecule has 1 unspecified atom stereocenters. The first-order valence-electron chi connectivity index (χ1n) is 11.6. The Morgan fingerprint density at radius 2 is 1.91 bits per heavy atom. The predicted molar refractivity (Wildman–Crippen MR) is 135 cm³/mol. The maximum absolute atomic E-state index is 12.8. The number of ether oxygens (including phenoxy) is 1. The average Bonchev–Trinajstić information content (AvgIpc) is 2.91. The van der Waals surface area contributed by atoms with Gasteiger partial charge in [0.15, 0.2) is 0 Å². The van der Waals surface area contributed by atoms with Crippen LogP contribution in [0.5, 0.6) is 0 Å². The first-order valence-corrected chi connectivity index (χ1v) is 11.6. The van der Waals surface area contributed by atoms with Crippen molar-refractivity contribution in [1.82, 2.24) is 19.9 Å². The molecule has 1 fully saturated rings. The predicted octanol–water partition coefficient (Wildman–Crippen LogP) is 3.05. The number of hydrogen-bond acceptors (Lipinski definition) is 6. The monoisotopic (exact) mass is 455 g/mol. The summed E-state index contributed by atoms with van der Waals surface area (Å²) in [5.74, 6) is 0.664. The molecule has 3 aromatic rings. The second kappa shape index (κ2) is 9.37. The third kappa shape index (κ3) is 4.20. The lowest BCUT2D eigenvalue weighted by atomic mass is 9.82. The van der Waals surface area contributed by atoms with E-state index in [0.29, 0.717) is 18.2 Å². The molecule has 2 atom stereocenters. The van der Waals surface area contributed by atoms with Crippen molar-refractivity contribution in [2.24, 2.45) is 7.05 Å². The zero-order chi connectivity index (χ0) is 23.5. The molecule has 34 heavy (non-hydrogen) atoms. The van der Waals surface area contributed by atoms with Crippen LogP contribution >= 0.6 is 0 Å². The number of methoxy groups -OCH3 is 1. The number of nitrogens with zero attached hydrogens (tertiary/aromatic N) is 4. The van der Waals surface area contributed by atoms with Crippen LogP contribution in [0.15, 0.2) is 83.9 Å². The van der Waals surface area contributed by atoms with Crippen molar-refractivity contribution in [3.63, 3.8) is 0 Å². The number of hydrogen-bond donors (Lipinski definition) is 1. The van der Waals surface area contributed by atoms with Crippen molar-refractivity contribution in [3.05, 3.63) is 95.1 Å². The van der Waals surface area contributed by atoms with Gasteiger partial charge in [-0.25, -0.2) is 4.98 Å². The molecule has 0 amide bonds. The lowest BCUT2D eigenvalue weighted by molar-refractivity contribution is 0.000194. The maximum Gasteiger partial charge on any atom is 0.255 e. The summed E-state index contributed by atoms with van der Waals surface area (Å²) in [6, 6.07) is 15.7. The number of anilines is 1. The van der Waals surface area contributed by atoms with Crippen LogP contribution in [0.3, 0.4) is 0 Å². The summed E-state index contributed by atoms with van der Waals surface area (Å²) in [6.45, 7) is 2.20. The molecule has 0 spiro atoms. The van der Waals surface area contributed by atoms with E-state index in [2.05, 4.69) is 57.7 Å². The van der Waals surface area contributed by atoms with E-state index < -0.39 is 5.60 Å². The lowest BCUT2D eigenvalue weighted by Gasteiger charge is -2.44. The molecule has 1 N–H and O–H groups in total. The molecule has 3 heterocycles. The van der Waals surface area contributed by atoms with Crippen LogP contribution in [0.4, 0.5) is 5.95 Å². The fourth-order valence-electron chi connectivity index (χ4n) is 4.77. The topological polar surface area (TPSA) is 72.3 Å². The molecule has 0 radical (unpaired) electrons.